The maximum atomic E-state index is 11.0. The molecule has 0 bridgehead atoms. The second kappa shape index (κ2) is 5.77. The molecular formula is C15H14O2. The fourth-order valence-corrected chi connectivity index (χ4v) is 1.51. The molecule has 0 spiro atoms. The second-order valence-electron chi connectivity index (χ2n) is 3.69. The van der Waals surface area contributed by atoms with Crippen molar-refractivity contribution in [3.63, 3.8) is 0 Å². The van der Waals surface area contributed by atoms with Crippen LogP contribution >= 0.6 is 0 Å². The minimum atomic E-state index is -1.23. The smallest absolute Gasteiger partial charge is 0.304 e. The molecule has 0 aliphatic heterocycles. The van der Waals surface area contributed by atoms with E-state index in [9.17, 15) is 4.79 Å². The SMILES string of the molecule is C#CC(C#C)(CCc1ccccc1)OC(C)=O. The molecule has 0 saturated heterocycles. The predicted octanol–water partition coefficient (Wildman–Crippen LogP) is 2.19. The Morgan fingerprint density at radius 3 is 2.35 bits per heavy atom. The predicted molar refractivity (Wildman–Crippen MR) is 66.9 cm³/mol. The molecule has 0 aliphatic carbocycles. The third kappa shape index (κ3) is 3.70. The van der Waals surface area contributed by atoms with Crippen LogP contribution in [0.25, 0.3) is 0 Å². The number of rotatable bonds is 4. The van der Waals surface area contributed by atoms with Gasteiger partial charge in [-0.2, -0.15) is 0 Å². The summed E-state index contributed by atoms with van der Waals surface area (Å²) in [7, 11) is 0. The highest BCUT2D eigenvalue weighted by molar-refractivity contribution is 5.67. The monoisotopic (exact) mass is 226 g/mol. The van der Waals surface area contributed by atoms with Crippen molar-refractivity contribution in [2.24, 2.45) is 0 Å². The van der Waals surface area contributed by atoms with Crippen molar-refractivity contribution in [1.29, 1.82) is 0 Å². The first-order chi connectivity index (χ1) is 8.12. The number of esters is 1. The molecule has 17 heavy (non-hydrogen) atoms. The van der Waals surface area contributed by atoms with Crippen LogP contribution in [-0.4, -0.2) is 11.6 Å². The lowest BCUT2D eigenvalue weighted by atomic mass is 9.96. The molecule has 0 fully saturated rings. The summed E-state index contributed by atoms with van der Waals surface area (Å²) < 4.78 is 5.05. The van der Waals surface area contributed by atoms with Crippen molar-refractivity contribution < 1.29 is 9.53 Å². The molecule has 2 nitrogen and oxygen atoms in total. The van der Waals surface area contributed by atoms with Crippen LogP contribution in [-0.2, 0) is 16.0 Å². The van der Waals surface area contributed by atoms with Crippen LogP contribution in [0.15, 0.2) is 30.3 Å². The molecule has 0 atom stereocenters. The Morgan fingerprint density at radius 1 is 1.29 bits per heavy atom. The molecule has 0 aromatic heterocycles. The van der Waals surface area contributed by atoms with E-state index >= 15 is 0 Å². The first kappa shape index (κ1) is 12.9. The van der Waals surface area contributed by atoms with E-state index in [2.05, 4.69) is 11.8 Å². The lowest BCUT2D eigenvalue weighted by Gasteiger charge is -2.21. The quantitative estimate of drug-likeness (QED) is 0.581. The Kier molecular flexibility index (Phi) is 4.37. The maximum absolute atomic E-state index is 11.0. The standard InChI is InChI=1S/C15H14O2/c1-4-15(5-2,17-13(3)16)12-11-14-9-7-6-8-10-14/h1-2,6-10H,11-12H2,3H3. The normalized spacial score (nSPS) is 10.1. The summed E-state index contributed by atoms with van der Waals surface area (Å²) in [5.41, 5.74) is -0.128. The molecule has 0 aliphatic rings. The van der Waals surface area contributed by atoms with Gasteiger partial charge in [-0.3, -0.25) is 4.79 Å². The molecule has 0 heterocycles. The highest BCUT2D eigenvalue weighted by atomic mass is 16.6. The number of benzene rings is 1. The van der Waals surface area contributed by atoms with Gasteiger partial charge in [-0.25, -0.2) is 0 Å². The van der Waals surface area contributed by atoms with E-state index < -0.39 is 11.6 Å². The second-order valence-corrected chi connectivity index (χ2v) is 3.69. The van der Waals surface area contributed by atoms with Crippen molar-refractivity contribution in [2.45, 2.75) is 25.4 Å². The number of ether oxygens (including phenoxy) is 1. The number of hydrogen-bond donors (Lipinski definition) is 0. The average molecular weight is 226 g/mol. The molecule has 0 N–H and O–H groups in total. The molecule has 0 unspecified atom stereocenters. The third-order valence-electron chi connectivity index (χ3n) is 2.39. The fraction of sp³-hybridized carbons (Fsp3) is 0.267. The molecule has 1 rings (SSSR count). The van der Waals surface area contributed by atoms with E-state index in [0.717, 1.165) is 5.56 Å². The zero-order chi connectivity index (χ0) is 12.7. The van der Waals surface area contributed by atoms with Crippen molar-refractivity contribution in [1.82, 2.24) is 0 Å². The number of carbonyl (C=O) groups excluding carboxylic acids is 1. The summed E-state index contributed by atoms with van der Waals surface area (Å²) in [4.78, 5) is 11.0. The van der Waals surface area contributed by atoms with Crippen molar-refractivity contribution in [2.75, 3.05) is 0 Å². The molecule has 1 aromatic rings. The van der Waals surface area contributed by atoms with Crippen LogP contribution in [0.3, 0.4) is 0 Å². The molecule has 1 aromatic carbocycles. The first-order valence-electron chi connectivity index (χ1n) is 5.31. The number of terminal acetylenes is 2. The van der Waals surface area contributed by atoms with Crippen molar-refractivity contribution in [3.05, 3.63) is 35.9 Å². The van der Waals surface area contributed by atoms with Gasteiger partial charge in [-0.1, -0.05) is 30.3 Å². The minimum Gasteiger partial charge on any atom is -0.435 e. The van der Waals surface area contributed by atoms with Crippen LogP contribution in [0.1, 0.15) is 18.9 Å². The number of carbonyl (C=O) groups is 1. The number of aryl methyl sites for hydroxylation is 1. The molecular weight excluding hydrogens is 212 g/mol. The Hall–Kier alpha value is -2.19. The Morgan fingerprint density at radius 2 is 1.88 bits per heavy atom. The summed E-state index contributed by atoms with van der Waals surface area (Å²) in [6, 6.07) is 9.77. The largest absolute Gasteiger partial charge is 0.435 e. The van der Waals surface area contributed by atoms with Gasteiger partial charge in [-0.05, 0) is 23.8 Å². The molecule has 0 radical (unpaired) electrons. The van der Waals surface area contributed by atoms with Gasteiger partial charge in [0, 0.05) is 13.3 Å². The van der Waals surface area contributed by atoms with E-state index in [1.807, 2.05) is 30.3 Å². The highest BCUT2D eigenvalue weighted by Crippen LogP contribution is 2.18. The first-order valence-corrected chi connectivity index (χ1v) is 5.31. The molecule has 2 heteroatoms. The van der Waals surface area contributed by atoms with Gasteiger partial charge in [0.15, 0.2) is 0 Å². The lowest BCUT2D eigenvalue weighted by Crippen LogP contribution is -2.31. The minimum absolute atomic E-state index is 0.420. The molecule has 0 saturated carbocycles. The average Bonchev–Trinajstić information content (AvgIpc) is 2.35. The van der Waals surface area contributed by atoms with Crippen LogP contribution in [0.2, 0.25) is 0 Å². The van der Waals surface area contributed by atoms with Crippen LogP contribution in [0, 0.1) is 24.7 Å². The topological polar surface area (TPSA) is 26.3 Å². The Balaban J connectivity index is 2.73. The summed E-state index contributed by atoms with van der Waals surface area (Å²) >= 11 is 0. The summed E-state index contributed by atoms with van der Waals surface area (Å²) in [6.07, 6.45) is 11.8. The lowest BCUT2D eigenvalue weighted by molar-refractivity contribution is -0.147. The van der Waals surface area contributed by atoms with Crippen LogP contribution in [0.5, 0.6) is 0 Å². The highest BCUT2D eigenvalue weighted by Gasteiger charge is 2.28. The van der Waals surface area contributed by atoms with Gasteiger partial charge >= 0.3 is 5.97 Å². The fourth-order valence-electron chi connectivity index (χ4n) is 1.51. The van der Waals surface area contributed by atoms with Gasteiger partial charge in [-0.15, -0.1) is 12.8 Å². The van der Waals surface area contributed by atoms with Gasteiger partial charge < -0.3 is 4.74 Å². The Bertz CT molecular complexity index is 446. The molecule has 0 amide bonds. The zero-order valence-electron chi connectivity index (χ0n) is 9.77. The van der Waals surface area contributed by atoms with E-state index in [1.54, 1.807) is 0 Å². The number of hydrogen-bond acceptors (Lipinski definition) is 2. The van der Waals surface area contributed by atoms with Gasteiger partial charge in [0.1, 0.15) is 0 Å². The molecule has 86 valence electrons. The zero-order valence-corrected chi connectivity index (χ0v) is 9.77. The Labute approximate surface area is 102 Å². The van der Waals surface area contributed by atoms with Gasteiger partial charge in [0.2, 0.25) is 5.60 Å². The summed E-state index contributed by atoms with van der Waals surface area (Å²) in [5, 5.41) is 0. The van der Waals surface area contributed by atoms with Gasteiger partial charge in [0.05, 0.1) is 0 Å². The van der Waals surface area contributed by atoms with E-state index in [0.29, 0.717) is 12.8 Å². The maximum Gasteiger partial charge on any atom is 0.304 e. The summed E-state index contributed by atoms with van der Waals surface area (Å²) in [6.45, 7) is 1.30. The van der Waals surface area contributed by atoms with Crippen LogP contribution in [0.4, 0.5) is 0 Å². The van der Waals surface area contributed by atoms with E-state index in [4.69, 9.17) is 17.6 Å². The van der Waals surface area contributed by atoms with Crippen molar-refractivity contribution >= 4 is 5.97 Å². The van der Waals surface area contributed by atoms with Crippen LogP contribution < -0.4 is 0 Å². The van der Waals surface area contributed by atoms with Crippen molar-refractivity contribution in [3.8, 4) is 24.7 Å². The third-order valence-corrected chi connectivity index (χ3v) is 2.39. The van der Waals surface area contributed by atoms with Gasteiger partial charge in [0.25, 0.3) is 0 Å². The van der Waals surface area contributed by atoms with E-state index in [1.165, 1.54) is 6.92 Å². The van der Waals surface area contributed by atoms with E-state index in [-0.39, 0.29) is 0 Å². The summed E-state index contributed by atoms with van der Waals surface area (Å²) in [5.74, 6) is 4.31.